The van der Waals surface area contributed by atoms with Gasteiger partial charge in [0.1, 0.15) is 17.2 Å². The Morgan fingerprint density at radius 1 is 1.61 bits per heavy atom. The van der Waals surface area contributed by atoms with Crippen LogP contribution in [-0.2, 0) is 4.74 Å². The van der Waals surface area contributed by atoms with Gasteiger partial charge < -0.3 is 14.7 Å². The molecule has 0 radical (unpaired) electrons. The van der Waals surface area contributed by atoms with Crippen molar-refractivity contribution in [2.75, 3.05) is 24.7 Å². The van der Waals surface area contributed by atoms with Crippen molar-refractivity contribution < 1.29 is 19.0 Å². The fourth-order valence-electron chi connectivity index (χ4n) is 2.06. The summed E-state index contributed by atoms with van der Waals surface area (Å²) >= 11 is 0. The van der Waals surface area contributed by atoms with Crippen LogP contribution in [-0.4, -0.2) is 41.4 Å². The van der Waals surface area contributed by atoms with Crippen LogP contribution in [0.15, 0.2) is 12.3 Å². The molecule has 1 N–H and O–H groups in total. The Morgan fingerprint density at radius 3 is 2.94 bits per heavy atom. The highest BCUT2D eigenvalue weighted by Gasteiger charge is 2.34. The molecular formula is C12H15FN2O3. The number of pyridine rings is 1. The minimum Gasteiger partial charge on any atom is -0.478 e. The van der Waals surface area contributed by atoms with Crippen LogP contribution in [0.4, 0.5) is 10.2 Å². The molecule has 0 bridgehead atoms. The maximum Gasteiger partial charge on any atom is 0.339 e. The van der Waals surface area contributed by atoms with Gasteiger partial charge in [-0.2, -0.15) is 0 Å². The smallest absolute Gasteiger partial charge is 0.339 e. The van der Waals surface area contributed by atoms with E-state index in [0.717, 1.165) is 12.3 Å². The predicted molar refractivity (Wildman–Crippen MR) is 63.4 cm³/mol. The molecular weight excluding hydrogens is 239 g/mol. The van der Waals surface area contributed by atoms with Crippen molar-refractivity contribution in [1.82, 2.24) is 4.98 Å². The number of carboxylic acids is 1. The Balaban J connectivity index is 2.46. The van der Waals surface area contributed by atoms with E-state index in [1.807, 2.05) is 18.7 Å². The van der Waals surface area contributed by atoms with E-state index >= 15 is 0 Å². The van der Waals surface area contributed by atoms with Gasteiger partial charge in [0.25, 0.3) is 0 Å². The highest BCUT2D eigenvalue weighted by Crippen LogP contribution is 2.28. The molecule has 2 rings (SSSR count). The second-order valence-corrected chi connectivity index (χ2v) is 4.85. The summed E-state index contributed by atoms with van der Waals surface area (Å²) in [5.74, 6) is -1.54. The lowest BCUT2D eigenvalue weighted by Gasteiger charge is -2.43. The molecule has 1 aliphatic rings. The van der Waals surface area contributed by atoms with Crippen molar-refractivity contribution in [3.63, 3.8) is 0 Å². The zero-order valence-electron chi connectivity index (χ0n) is 10.3. The van der Waals surface area contributed by atoms with E-state index in [2.05, 4.69) is 4.98 Å². The zero-order valence-corrected chi connectivity index (χ0v) is 10.3. The van der Waals surface area contributed by atoms with Crippen molar-refractivity contribution in [1.29, 1.82) is 0 Å². The third-order valence-corrected chi connectivity index (χ3v) is 2.96. The number of halogens is 1. The number of morpholine rings is 1. The first-order valence-corrected chi connectivity index (χ1v) is 5.66. The molecule has 1 saturated heterocycles. The summed E-state index contributed by atoms with van der Waals surface area (Å²) in [5, 5.41) is 9.13. The number of carbonyl (C=O) groups is 1. The summed E-state index contributed by atoms with van der Waals surface area (Å²) in [4.78, 5) is 16.9. The van der Waals surface area contributed by atoms with Crippen molar-refractivity contribution in [3.05, 3.63) is 23.6 Å². The number of aromatic carboxylic acids is 1. The maximum absolute atomic E-state index is 13.1. The van der Waals surface area contributed by atoms with E-state index < -0.39 is 11.8 Å². The second-order valence-electron chi connectivity index (χ2n) is 4.85. The van der Waals surface area contributed by atoms with Gasteiger partial charge in [0.2, 0.25) is 0 Å². The Bertz CT molecular complexity index is 476. The van der Waals surface area contributed by atoms with Gasteiger partial charge in [-0.05, 0) is 19.9 Å². The number of ether oxygens (including phenoxy) is 1. The molecule has 1 aliphatic heterocycles. The van der Waals surface area contributed by atoms with Crippen molar-refractivity contribution in [2.45, 2.75) is 19.4 Å². The minimum absolute atomic E-state index is 0.120. The quantitative estimate of drug-likeness (QED) is 0.867. The van der Waals surface area contributed by atoms with Crippen LogP contribution < -0.4 is 4.90 Å². The minimum atomic E-state index is -1.18. The van der Waals surface area contributed by atoms with Gasteiger partial charge in [-0.15, -0.1) is 0 Å². The highest BCUT2D eigenvalue weighted by atomic mass is 19.1. The maximum atomic E-state index is 13.1. The normalized spacial score (nSPS) is 18.7. The lowest BCUT2D eigenvalue weighted by molar-refractivity contribution is 0.0624. The molecule has 0 amide bonds. The summed E-state index contributed by atoms with van der Waals surface area (Å²) in [5.41, 5.74) is -0.488. The number of hydrogen-bond donors (Lipinski definition) is 1. The average molecular weight is 254 g/mol. The first kappa shape index (κ1) is 12.8. The molecule has 1 fully saturated rings. The summed E-state index contributed by atoms with van der Waals surface area (Å²) in [6.07, 6.45) is 1.04. The van der Waals surface area contributed by atoms with Gasteiger partial charge >= 0.3 is 5.97 Å². The molecule has 0 spiro atoms. The van der Waals surface area contributed by atoms with E-state index in [1.54, 1.807) is 0 Å². The van der Waals surface area contributed by atoms with Crippen LogP contribution in [0.5, 0.6) is 0 Å². The third-order valence-electron chi connectivity index (χ3n) is 2.96. The van der Waals surface area contributed by atoms with Gasteiger partial charge in [0.15, 0.2) is 0 Å². The van der Waals surface area contributed by atoms with Crippen LogP contribution in [0, 0.1) is 5.82 Å². The number of carboxylic acid groups (broad SMARTS) is 1. The highest BCUT2D eigenvalue weighted by molar-refractivity contribution is 5.93. The molecule has 6 heteroatoms. The standard InChI is InChI=1S/C12H15FN2O3/c1-12(2)7-18-4-3-15(12)10-9(11(16)17)5-8(13)6-14-10/h5-6H,3-4,7H2,1-2H3,(H,16,17). The molecule has 0 saturated carbocycles. The van der Waals surface area contributed by atoms with E-state index in [4.69, 9.17) is 9.84 Å². The molecule has 98 valence electrons. The van der Waals surface area contributed by atoms with Gasteiger partial charge in [-0.25, -0.2) is 14.2 Å². The Labute approximate surface area is 104 Å². The Morgan fingerprint density at radius 2 is 2.33 bits per heavy atom. The number of aromatic nitrogens is 1. The molecule has 1 aromatic rings. The monoisotopic (exact) mass is 254 g/mol. The van der Waals surface area contributed by atoms with E-state index in [-0.39, 0.29) is 16.9 Å². The number of anilines is 1. The molecule has 0 aliphatic carbocycles. The van der Waals surface area contributed by atoms with Crippen LogP contribution in [0.3, 0.4) is 0 Å². The molecule has 2 heterocycles. The van der Waals surface area contributed by atoms with Crippen LogP contribution in [0.2, 0.25) is 0 Å². The Kier molecular flexibility index (Phi) is 3.21. The summed E-state index contributed by atoms with van der Waals surface area (Å²) in [6.45, 7) is 5.38. The zero-order chi connectivity index (χ0) is 13.3. The summed E-state index contributed by atoms with van der Waals surface area (Å²) < 4.78 is 18.5. The van der Waals surface area contributed by atoms with Crippen LogP contribution in [0.25, 0.3) is 0 Å². The molecule has 1 aromatic heterocycles. The van der Waals surface area contributed by atoms with Gasteiger partial charge in [0, 0.05) is 6.54 Å². The lowest BCUT2D eigenvalue weighted by Crippen LogP contribution is -2.54. The van der Waals surface area contributed by atoms with E-state index in [9.17, 15) is 9.18 Å². The van der Waals surface area contributed by atoms with Crippen LogP contribution >= 0.6 is 0 Å². The fraction of sp³-hybridized carbons (Fsp3) is 0.500. The lowest BCUT2D eigenvalue weighted by atomic mass is 10.0. The summed E-state index contributed by atoms with van der Waals surface area (Å²) in [6, 6.07) is 0.996. The average Bonchev–Trinajstić information content (AvgIpc) is 2.29. The molecule has 0 unspecified atom stereocenters. The summed E-state index contributed by atoms with van der Waals surface area (Å²) in [7, 11) is 0. The molecule has 0 aromatic carbocycles. The number of nitrogens with zero attached hydrogens (tertiary/aromatic N) is 2. The molecule has 0 atom stereocenters. The first-order valence-electron chi connectivity index (χ1n) is 5.66. The van der Waals surface area contributed by atoms with Crippen molar-refractivity contribution in [2.24, 2.45) is 0 Å². The van der Waals surface area contributed by atoms with Gasteiger partial charge in [0.05, 0.1) is 24.9 Å². The molecule has 5 nitrogen and oxygen atoms in total. The fourth-order valence-corrected chi connectivity index (χ4v) is 2.06. The SMILES string of the molecule is CC1(C)COCCN1c1ncc(F)cc1C(=O)O. The first-order chi connectivity index (χ1) is 8.42. The second kappa shape index (κ2) is 4.53. The predicted octanol–water partition coefficient (Wildman–Crippen LogP) is 1.53. The van der Waals surface area contributed by atoms with Gasteiger partial charge in [-0.1, -0.05) is 0 Å². The number of rotatable bonds is 2. The number of hydrogen-bond acceptors (Lipinski definition) is 4. The largest absolute Gasteiger partial charge is 0.478 e. The Hall–Kier alpha value is -1.69. The van der Waals surface area contributed by atoms with E-state index in [0.29, 0.717) is 19.8 Å². The van der Waals surface area contributed by atoms with Gasteiger partial charge in [-0.3, -0.25) is 0 Å². The topological polar surface area (TPSA) is 62.7 Å². The third kappa shape index (κ3) is 2.28. The van der Waals surface area contributed by atoms with Crippen LogP contribution in [0.1, 0.15) is 24.2 Å². The molecule has 18 heavy (non-hydrogen) atoms. The van der Waals surface area contributed by atoms with Crippen molar-refractivity contribution in [3.8, 4) is 0 Å². The van der Waals surface area contributed by atoms with E-state index in [1.165, 1.54) is 0 Å². The van der Waals surface area contributed by atoms with Crippen molar-refractivity contribution >= 4 is 11.8 Å².